The van der Waals surface area contributed by atoms with Crippen LogP contribution in [0.5, 0.6) is 0 Å². The van der Waals surface area contributed by atoms with E-state index in [0.717, 1.165) is 22.3 Å². The molecule has 0 fully saturated rings. The van der Waals surface area contributed by atoms with Crippen LogP contribution < -0.4 is 5.73 Å². The molecule has 3 rings (SSSR count). The van der Waals surface area contributed by atoms with E-state index < -0.39 is 0 Å². The maximum absolute atomic E-state index is 6.38. The smallest absolute Gasteiger partial charge is 0.0951 e. The summed E-state index contributed by atoms with van der Waals surface area (Å²) in [4.78, 5) is 4.26. The summed E-state index contributed by atoms with van der Waals surface area (Å²) in [5.41, 5.74) is 9.69. The first-order chi connectivity index (χ1) is 10.3. The van der Waals surface area contributed by atoms with Crippen molar-refractivity contribution in [1.82, 2.24) is 9.55 Å². The van der Waals surface area contributed by atoms with Gasteiger partial charge in [0.2, 0.25) is 0 Å². The molecule has 4 heteroatoms. The van der Waals surface area contributed by atoms with Crippen LogP contribution in [0.4, 0.5) is 0 Å². The monoisotopic (exact) mass is 341 g/mol. The Morgan fingerprint density at radius 1 is 1.05 bits per heavy atom. The van der Waals surface area contributed by atoms with Crippen LogP contribution in [0.25, 0.3) is 0 Å². The predicted octanol–water partition coefficient (Wildman–Crippen LogP) is 3.74. The van der Waals surface area contributed by atoms with Crippen LogP contribution in [0.3, 0.4) is 0 Å². The van der Waals surface area contributed by atoms with Crippen LogP contribution in [0.2, 0.25) is 0 Å². The van der Waals surface area contributed by atoms with Gasteiger partial charge in [0.1, 0.15) is 0 Å². The van der Waals surface area contributed by atoms with Crippen LogP contribution in [-0.4, -0.2) is 9.55 Å². The normalized spacial score (nSPS) is 12.3. The Balaban J connectivity index is 1.89. The number of rotatable bonds is 4. The molecule has 0 bridgehead atoms. The molecule has 0 saturated heterocycles. The third-order valence-electron chi connectivity index (χ3n) is 3.52. The fourth-order valence-corrected chi connectivity index (χ4v) is 2.77. The van der Waals surface area contributed by atoms with E-state index in [-0.39, 0.29) is 6.04 Å². The summed E-state index contributed by atoms with van der Waals surface area (Å²) in [6.45, 7) is 0.747. The highest BCUT2D eigenvalue weighted by Crippen LogP contribution is 2.22. The molecular weight excluding hydrogens is 326 g/mol. The van der Waals surface area contributed by atoms with Gasteiger partial charge in [0.25, 0.3) is 0 Å². The third-order valence-corrected chi connectivity index (χ3v) is 4.29. The highest BCUT2D eigenvalue weighted by molar-refractivity contribution is 9.10. The van der Waals surface area contributed by atoms with E-state index in [1.165, 1.54) is 5.56 Å². The molecule has 0 aliphatic carbocycles. The van der Waals surface area contributed by atoms with Gasteiger partial charge in [-0.15, -0.1) is 0 Å². The lowest BCUT2D eigenvalue weighted by atomic mass is 10.1. The molecule has 1 aromatic heterocycles. The summed E-state index contributed by atoms with van der Waals surface area (Å²) in [6.07, 6.45) is 3.67. The quantitative estimate of drug-likeness (QED) is 0.785. The van der Waals surface area contributed by atoms with E-state index in [9.17, 15) is 0 Å². The van der Waals surface area contributed by atoms with E-state index in [1.54, 1.807) is 0 Å². The number of aromatic nitrogens is 2. The minimum atomic E-state index is -0.170. The van der Waals surface area contributed by atoms with Gasteiger partial charge >= 0.3 is 0 Å². The molecule has 0 amide bonds. The number of hydrogen-bond donors (Lipinski definition) is 1. The molecule has 2 N–H and O–H groups in total. The van der Waals surface area contributed by atoms with Crippen LogP contribution in [0.1, 0.15) is 22.9 Å². The number of nitrogens with two attached hydrogens (primary N) is 1. The highest BCUT2D eigenvalue weighted by Gasteiger charge is 2.14. The molecule has 0 aliphatic rings. The summed E-state index contributed by atoms with van der Waals surface area (Å²) in [5.74, 6) is 0. The summed E-state index contributed by atoms with van der Waals surface area (Å²) < 4.78 is 3.19. The molecule has 3 aromatic rings. The summed E-state index contributed by atoms with van der Waals surface area (Å²) in [6, 6.07) is 18.1. The van der Waals surface area contributed by atoms with Gasteiger partial charge in [0.05, 0.1) is 24.3 Å². The van der Waals surface area contributed by atoms with Gasteiger partial charge in [-0.2, -0.15) is 0 Å². The van der Waals surface area contributed by atoms with Gasteiger partial charge in [-0.25, -0.2) is 4.98 Å². The average molecular weight is 342 g/mol. The molecule has 2 aromatic carbocycles. The second kappa shape index (κ2) is 6.24. The number of benzene rings is 2. The fraction of sp³-hybridized carbons (Fsp3) is 0.118. The zero-order chi connectivity index (χ0) is 14.7. The van der Waals surface area contributed by atoms with Crippen molar-refractivity contribution < 1.29 is 0 Å². The van der Waals surface area contributed by atoms with Crippen LogP contribution in [-0.2, 0) is 6.54 Å². The van der Waals surface area contributed by atoms with E-state index in [0.29, 0.717) is 0 Å². The molecule has 106 valence electrons. The number of imidazole rings is 1. The molecule has 3 nitrogen and oxygen atoms in total. The standard InChI is InChI=1S/C17H16BrN3/c18-15-9-5-4-8-14(15)11-21-12-20-10-16(21)17(19)13-6-2-1-3-7-13/h1-10,12,17H,11,19H2. The topological polar surface area (TPSA) is 43.8 Å². The lowest BCUT2D eigenvalue weighted by Crippen LogP contribution is -2.17. The minimum Gasteiger partial charge on any atom is -0.328 e. The first-order valence-corrected chi connectivity index (χ1v) is 7.59. The SMILES string of the molecule is NC(c1ccccc1)c1cncn1Cc1ccccc1Br. The van der Waals surface area contributed by atoms with Gasteiger partial charge in [-0.1, -0.05) is 64.5 Å². The minimum absolute atomic E-state index is 0.170. The zero-order valence-corrected chi connectivity index (χ0v) is 13.1. The van der Waals surface area contributed by atoms with E-state index in [4.69, 9.17) is 5.73 Å². The maximum Gasteiger partial charge on any atom is 0.0951 e. The second-order valence-electron chi connectivity index (χ2n) is 4.93. The van der Waals surface area contributed by atoms with Gasteiger partial charge in [0.15, 0.2) is 0 Å². The molecule has 1 heterocycles. The van der Waals surface area contributed by atoms with Crippen LogP contribution in [0.15, 0.2) is 71.6 Å². The Morgan fingerprint density at radius 2 is 1.76 bits per heavy atom. The lowest BCUT2D eigenvalue weighted by molar-refractivity contribution is 0.694. The number of hydrogen-bond acceptors (Lipinski definition) is 2. The first-order valence-electron chi connectivity index (χ1n) is 6.79. The van der Waals surface area contributed by atoms with Crippen molar-refractivity contribution in [3.8, 4) is 0 Å². The largest absolute Gasteiger partial charge is 0.328 e. The van der Waals surface area contributed by atoms with Gasteiger partial charge in [-0.05, 0) is 17.2 Å². The summed E-state index contributed by atoms with van der Waals surface area (Å²) >= 11 is 3.58. The Morgan fingerprint density at radius 3 is 2.52 bits per heavy atom. The third kappa shape index (κ3) is 3.06. The van der Waals surface area contributed by atoms with Crippen molar-refractivity contribution in [2.75, 3.05) is 0 Å². The predicted molar refractivity (Wildman–Crippen MR) is 87.9 cm³/mol. The lowest BCUT2D eigenvalue weighted by Gasteiger charge is -2.15. The number of nitrogens with zero attached hydrogens (tertiary/aromatic N) is 2. The Bertz CT molecular complexity index is 722. The molecule has 0 saturated carbocycles. The van der Waals surface area contributed by atoms with Gasteiger partial charge in [-0.3, -0.25) is 0 Å². The molecule has 1 atom stereocenters. The fourth-order valence-electron chi connectivity index (χ4n) is 2.36. The van der Waals surface area contributed by atoms with Crippen LogP contribution >= 0.6 is 15.9 Å². The van der Waals surface area contributed by atoms with Crippen molar-refractivity contribution >= 4 is 15.9 Å². The van der Waals surface area contributed by atoms with Crippen molar-refractivity contribution in [2.24, 2.45) is 5.73 Å². The maximum atomic E-state index is 6.38. The molecular formula is C17H16BrN3. The van der Waals surface area contributed by atoms with E-state index in [1.807, 2.05) is 61.1 Å². The molecule has 0 aliphatic heterocycles. The van der Waals surface area contributed by atoms with E-state index in [2.05, 4.69) is 31.5 Å². The Hall–Kier alpha value is -1.91. The van der Waals surface area contributed by atoms with Crippen molar-refractivity contribution in [3.63, 3.8) is 0 Å². The first kappa shape index (κ1) is 14.0. The average Bonchev–Trinajstić information content (AvgIpc) is 2.98. The molecule has 0 radical (unpaired) electrons. The summed E-state index contributed by atoms with van der Waals surface area (Å²) in [7, 11) is 0. The van der Waals surface area contributed by atoms with Crippen molar-refractivity contribution in [1.29, 1.82) is 0 Å². The van der Waals surface area contributed by atoms with Crippen LogP contribution in [0, 0.1) is 0 Å². The van der Waals surface area contributed by atoms with Gasteiger partial charge < -0.3 is 10.3 Å². The Labute approximate surface area is 132 Å². The van der Waals surface area contributed by atoms with Gasteiger partial charge in [0, 0.05) is 11.0 Å². The molecule has 21 heavy (non-hydrogen) atoms. The summed E-state index contributed by atoms with van der Waals surface area (Å²) in [5, 5.41) is 0. The highest BCUT2D eigenvalue weighted by atomic mass is 79.9. The second-order valence-corrected chi connectivity index (χ2v) is 5.78. The van der Waals surface area contributed by atoms with Crippen molar-refractivity contribution in [2.45, 2.75) is 12.6 Å². The van der Waals surface area contributed by atoms with E-state index >= 15 is 0 Å². The number of halogens is 1. The molecule has 0 spiro atoms. The van der Waals surface area contributed by atoms with Crippen molar-refractivity contribution in [3.05, 3.63) is 88.4 Å². The Kier molecular flexibility index (Phi) is 4.18. The zero-order valence-electron chi connectivity index (χ0n) is 11.5. The molecule has 1 unspecified atom stereocenters.